The van der Waals surface area contributed by atoms with E-state index >= 15 is 0 Å². The fraction of sp³-hybridized carbons (Fsp3) is 0.533. The highest BCUT2D eigenvalue weighted by Gasteiger charge is 2.47. The van der Waals surface area contributed by atoms with Crippen LogP contribution in [0.25, 0.3) is 0 Å². The Kier molecular flexibility index (Phi) is 6.30. The molecular weight excluding hydrogens is 333 g/mol. The van der Waals surface area contributed by atoms with Crippen LogP contribution in [0.2, 0.25) is 0 Å². The molecule has 2 rings (SSSR count). The number of nitrogens with zero attached hydrogens (tertiary/aromatic N) is 1. The van der Waals surface area contributed by atoms with Crippen molar-refractivity contribution in [3.63, 3.8) is 0 Å². The fourth-order valence-corrected chi connectivity index (χ4v) is 2.45. The summed E-state index contributed by atoms with van der Waals surface area (Å²) in [4.78, 5) is 13.8. The summed E-state index contributed by atoms with van der Waals surface area (Å²) in [5.41, 5.74) is 5.95. The molecule has 8 heteroatoms. The zero-order chi connectivity index (χ0) is 16.5. The van der Waals surface area contributed by atoms with Crippen molar-refractivity contribution in [1.29, 1.82) is 0 Å². The van der Waals surface area contributed by atoms with Gasteiger partial charge in [0.25, 0.3) is 0 Å². The first-order valence-electron chi connectivity index (χ1n) is 7.06. The van der Waals surface area contributed by atoms with Crippen LogP contribution in [0.15, 0.2) is 24.3 Å². The van der Waals surface area contributed by atoms with Gasteiger partial charge in [0.2, 0.25) is 5.91 Å². The van der Waals surface area contributed by atoms with E-state index in [-0.39, 0.29) is 41.9 Å². The van der Waals surface area contributed by atoms with E-state index in [9.17, 15) is 18.0 Å². The van der Waals surface area contributed by atoms with Crippen molar-refractivity contribution in [2.75, 3.05) is 13.6 Å². The highest BCUT2D eigenvalue weighted by Crippen LogP contribution is 2.51. The zero-order valence-corrected chi connectivity index (χ0v) is 13.7. The van der Waals surface area contributed by atoms with Gasteiger partial charge in [-0.2, -0.15) is 0 Å². The Hall–Kier alpha value is -1.47. The van der Waals surface area contributed by atoms with Gasteiger partial charge in [0.05, 0.1) is 0 Å². The molecule has 0 heterocycles. The van der Waals surface area contributed by atoms with Crippen molar-refractivity contribution < 1.29 is 22.7 Å². The van der Waals surface area contributed by atoms with Crippen LogP contribution in [0.1, 0.15) is 24.8 Å². The summed E-state index contributed by atoms with van der Waals surface area (Å²) in [6.07, 6.45) is -4.21. The first-order valence-corrected chi connectivity index (χ1v) is 7.06. The molecule has 1 amide bonds. The molecule has 1 fully saturated rings. The van der Waals surface area contributed by atoms with Crippen LogP contribution in [0.4, 0.5) is 13.2 Å². The van der Waals surface area contributed by atoms with Crippen LogP contribution in [-0.4, -0.2) is 36.8 Å². The smallest absolute Gasteiger partial charge is 0.405 e. The lowest BCUT2D eigenvalue weighted by atomic mass is 10.1. The van der Waals surface area contributed by atoms with Crippen molar-refractivity contribution >= 4 is 18.3 Å². The van der Waals surface area contributed by atoms with Crippen molar-refractivity contribution in [3.05, 3.63) is 29.8 Å². The second kappa shape index (κ2) is 7.40. The third kappa shape index (κ3) is 4.75. The number of para-hydroxylation sites is 1. The van der Waals surface area contributed by atoms with Crippen LogP contribution in [0.3, 0.4) is 0 Å². The summed E-state index contributed by atoms with van der Waals surface area (Å²) in [6.45, 7) is 2.17. The number of halogens is 4. The lowest BCUT2D eigenvalue weighted by Crippen LogP contribution is -2.40. The Morgan fingerprint density at radius 1 is 1.43 bits per heavy atom. The van der Waals surface area contributed by atoms with Gasteiger partial charge < -0.3 is 15.4 Å². The second-order valence-electron chi connectivity index (χ2n) is 5.57. The van der Waals surface area contributed by atoms with Crippen molar-refractivity contribution in [3.8, 4) is 5.75 Å². The van der Waals surface area contributed by atoms with Crippen LogP contribution in [-0.2, 0) is 4.79 Å². The summed E-state index contributed by atoms with van der Waals surface area (Å²) in [7, 11) is 1.66. The molecule has 1 aliphatic carbocycles. The van der Waals surface area contributed by atoms with Gasteiger partial charge in [-0.05, 0) is 30.9 Å². The molecule has 0 radical (unpaired) electrons. The largest absolute Gasteiger partial charge is 0.573 e. The lowest BCUT2D eigenvalue weighted by molar-refractivity contribution is -0.274. The van der Waals surface area contributed by atoms with E-state index < -0.39 is 6.36 Å². The molecule has 23 heavy (non-hydrogen) atoms. The molecule has 0 aliphatic heterocycles. The highest BCUT2D eigenvalue weighted by molar-refractivity contribution is 5.85. The number of benzene rings is 1. The van der Waals surface area contributed by atoms with E-state index in [0.717, 1.165) is 0 Å². The summed E-state index contributed by atoms with van der Waals surface area (Å²) in [6, 6.07) is 5.87. The monoisotopic (exact) mass is 352 g/mol. The highest BCUT2D eigenvalue weighted by atomic mass is 35.5. The summed E-state index contributed by atoms with van der Waals surface area (Å²) in [5, 5.41) is 0. The number of nitrogens with two attached hydrogens (primary N) is 1. The second-order valence-corrected chi connectivity index (χ2v) is 5.57. The molecular formula is C15H20ClF3N2O2. The third-order valence-electron chi connectivity index (χ3n) is 4.00. The molecule has 1 saturated carbocycles. The lowest BCUT2D eigenvalue weighted by Gasteiger charge is -2.24. The molecule has 0 spiro atoms. The van der Waals surface area contributed by atoms with Crippen molar-refractivity contribution in [2.45, 2.75) is 31.7 Å². The average molecular weight is 353 g/mol. The van der Waals surface area contributed by atoms with E-state index in [1.807, 2.05) is 6.92 Å². The number of likely N-dealkylation sites (N-methyl/N-ethyl adjacent to an activating group) is 1. The number of hydrogen-bond donors (Lipinski definition) is 1. The van der Waals surface area contributed by atoms with E-state index in [1.54, 1.807) is 24.1 Å². The predicted molar refractivity (Wildman–Crippen MR) is 82.5 cm³/mol. The van der Waals surface area contributed by atoms with Gasteiger partial charge in [-0.15, -0.1) is 25.6 Å². The minimum absolute atomic E-state index is 0. The normalized spacial score (nSPS) is 21.1. The van der Waals surface area contributed by atoms with E-state index in [0.29, 0.717) is 18.5 Å². The van der Waals surface area contributed by atoms with Crippen molar-refractivity contribution in [1.82, 2.24) is 4.90 Å². The predicted octanol–water partition coefficient (Wildman–Crippen LogP) is 2.92. The van der Waals surface area contributed by atoms with Gasteiger partial charge in [0.15, 0.2) is 0 Å². The summed E-state index contributed by atoms with van der Waals surface area (Å²) < 4.78 is 41.3. The Labute approximate surface area is 139 Å². The maximum absolute atomic E-state index is 12.4. The van der Waals surface area contributed by atoms with Gasteiger partial charge in [-0.3, -0.25) is 4.79 Å². The molecule has 3 unspecified atom stereocenters. The number of carbonyl (C=O) groups is 1. The van der Waals surface area contributed by atoms with Gasteiger partial charge in [-0.25, -0.2) is 0 Å². The molecule has 0 saturated heterocycles. The molecule has 2 N–H and O–H groups in total. The quantitative estimate of drug-likeness (QED) is 0.886. The zero-order valence-electron chi connectivity index (χ0n) is 12.8. The van der Waals surface area contributed by atoms with Crippen LogP contribution < -0.4 is 10.5 Å². The average Bonchev–Trinajstić information content (AvgIpc) is 3.24. The van der Waals surface area contributed by atoms with Crippen molar-refractivity contribution in [2.24, 2.45) is 11.7 Å². The fourth-order valence-electron chi connectivity index (χ4n) is 2.45. The molecule has 0 aromatic heterocycles. The maximum Gasteiger partial charge on any atom is 0.573 e. The molecule has 4 nitrogen and oxygen atoms in total. The third-order valence-corrected chi connectivity index (χ3v) is 4.00. The molecule has 130 valence electrons. The van der Waals surface area contributed by atoms with E-state index in [2.05, 4.69) is 4.74 Å². The van der Waals surface area contributed by atoms with Gasteiger partial charge in [0, 0.05) is 25.6 Å². The Bertz CT molecular complexity index is 554. The Morgan fingerprint density at radius 3 is 2.61 bits per heavy atom. The van der Waals surface area contributed by atoms with Gasteiger partial charge in [0.1, 0.15) is 5.75 Å². The standard InChI is InChI=1S/C15H19F3N2O2.ClH/c1-9(8-19)20(2)14(21)12-7-11(12)10-5-3-4-6-13(10)22-15(16,17)18;/h3-6,9,11-12H,7-8,19H2,1-2H3;1H. The number of rotatable bonds is 5. The van der Waals surface area contributed by atoms with Crippen LogP contribution in [0.5, 0.6) is 5.75 Å². The number of ether oxygens (including phenoxy) is 1. The van der Waals surface area contributed by atoms with E-state index in [4.69, 9.17) is 5.73 Å². The Balaban J connectivity index is 0.00000264. The number of alkyl halides is 3. The number of amides is 1. The molecule has 0 bridgehead atoms. The SMILES string of the molecule is CC(CN)N(C)C(=O)C1CC1c1ccccc1OC(F)(F)F.Cl. The number of carbonyl (C=O) groups excluding carboxylic acids is 1. The minimum Gasteiger partial charge on any atom is -0.405 e. The molecule has 3 atom stereocenters. The van der Waals surface area contributed by atoms with E-state index in [1.165, 1.54) is 12.1 Å². The first kappa shape index (κ1) is 19.6. The van der Waals surface area contributed by atoms with Crippen LogP contribution in [0, 0.1) is 5.92 Å². The maximum atomic E-state index is 12.4. The van der Waals surface area contributed by atoms with Crippen LogP contribution >= 0.6 is 12.4 Å². The first-order chi connectivity index (χ1) is 10.2. The number of hydrogen-bond acceptors (Lipinski definition) is 3. The van der Waals surface area contributed by atoms with Gasteiger partial charge in [-0.1, -0.05) is 18.2 Å². The molecule has 1 aliphatic rings. The minimum atomic E-state index is -4.74. The molecule has 1 aromatic carbocycles. The summed E-state index contributed by atoms with van der Waals surface area (Å²) >= 11 is 0. The van der Waals surface area contributed by atoms with Gasteiger partial charge >= 0.3 is 6.36 Å². The Morgan fingerprint density at radius 2 is 2.04 bits per heavy atom. The molecule has 1 aromatic rings. The summed E-state index contributed by atoms with van der Waals surface area (Å²) in [5.74, 6) is -0.870. The topological polar surface area (TPSA) is 55.6 Å².